The van der Waals surface area contributed by atoms with Crippen molar-refractivity contribution < 1.29 is 9.84 Å². The fourth-order valence-corrected chi connectivity index (χ4v) is 9.20. The first kappa shape index (κ1) is 33.8. The van der Waals surface area contributed by atoms with Gasteiger partial charge < -0.3 is 0 Å². The number of benzene rings is 1. The van der Waals surface area contributed by atoms with Gasteiger partial charge in [-0.15, -0.1) is 0 Å². The maximum absolute atomic E-state index is 10.8. The molecule has 1 unspecified atom stereocenters. The second-order valence-corrected chi connectivity index (χ2v) is 15.5. The number of ether oxygens (including phenoxy) is 1. The van der Waals surface area contributed by atoms with E-state index in [1.807, 2.05) is 6.07 Å². The van der Waals surface area contributed by atoms with E-state index in [9.17, 15) is 5.11 Å². The molecule has 1 N–H and O–H groups in total. The Morgan fingerprint density at radius 3 is 1.74 bits per heavy atom. The molecular formula is C35H62O2Te. The van der Waals surface area contributed by atoms with E-state index in [-0.39, 0.29) is 26.5 Å². The van der Waals surface area contributed by atoms with Crippen molar-refractivity contribution in [3.05, 3.63) is 17.2 Å². The van der Waals surface area contributed by atoms with Crippen molar-refractivity contribution in [2.24, 2.45) is 0 Å². The molecule has 1 atom stereocenters. The third kappa shape index (κ3) is 13.3. The molecule has 0 bridgehead atoms. The molecule has 1 aliphatic rings. The summed E-state index contributed by atoms with van der Waals surface area (Å²) in [6.45, 7) is 9.03. The quantitative estimate of drug-likeness (QED) is 0.0951. The molecule has 2 nitrogen and oxygen atoms in total. The van der Waals surface area contributed by atoms with Gasteiger partial charge >= 0.3 is 190 Å². The van der Waals surface area contributed by atoms with E-state index >= 15 is 0 Å². The second kappa shape index (κ2) is 20.5. The second-order valence-electron chi connectivity index (χ2n) is 12.4. The molecular weight excluding hydrogens is 580 g/mol. The first-order valence-electron chi connectivity index (χ1n) is 16.7. The number of unbranched alkanes of at least 4 members (excludes halogenated alkanes) is 18. The Balaban J connectivity index is 1.63. The van der Waals surface area contributed by atoms with Crippen LogP contribution >= 0.6 is 0 Å². The van der Waals surface area contributed by atoms with E-state index in [4.69, 9.17) is 4.74 Å². The van der Waals surface area contributed by atoms with Crippen LogP contribution in [0.3, 0.4) is 0 Å². The zero-order chi connectivity index (χ0) is 27.5. The summed E-state index contributed by atoms with van der Waals surface area (Å²) in [7, 11) is 0. The summed E-state index contributed by atoms with van der Waals surface area (Å²) in [6, 6.07) is 1.98. The summed E-state index contributed by atoms with van der Waals surface area (Å²) < 4.78 is 9.34. The Bertz CT molecular complexity index is 746. The molecule has 0 radical (unpaired) electrons. The van der Waals surface area contributed by atoms with Crippen molar-refractivity contribution in [1.29, 1.82) is 0 Å². The molecule has 3 heteroatoms. The molecule has 0 spiro atoms. The van der Waals surface area contributed by atoms with Crippen molar-refractivity contribution in [2.75, 3.05) is 0 Å². The van der Waals surface area contributed by atoms with E-state index in [0.717, 1.165) is 30.6 Å². The number of rotatable bonds is 23. The first-order chi connectivity index (χ1) is 18.5. The van der Waals surface area contributed by atoms with Crippen LogP contribution in [0.1, 0.15) is 173 Å². The van der Waals surface area contributed by atoms with Crippen LogP contribution in [0.2, 0.25) is 4.47 Å². The molecule has 1 aliphatic heterocycles. The molecule has 0 aromatic heterocycles. The zero-order valence-corrected chi connectivity index (χ0v) is 28.1. The summed E-state index contributed by atoms with van der Waals surface area (Å²) in [5.41, 5.74) is 2.44. The van der Waals surface area contributed by atoms with Gasteiger partial charge in [-0.2, -0.15) is 0 Å². The topological polar surface area (TPSA) is 29.5 Å². The van der Waals surface area contributed by atoms with Crippen LogP contribution in [0.4, 0.5) is 0 Å². The molecule has 1 aromatic carbocycles. The van der Waals surface area contributed by atoms with Gasteiger partial charge in [-0.05, 0) is 0 Å². The van der Waals surface area contributed by atoms with Gasteiger partial charge in [0.25, 0.3) is 0 Å². The molecule has 0 fully saturated rings. The van der Waals surface area contributed by atoms with Crippen LogP contribution in [-0.2, 0) is 6.42 Å². The van der Waals surface area contributed by atoms with E-state index in [2.05, 4.69) is 27.7 Å². The van der Waals surface area contributed by atoms with Crippen LogP contribution in [0.25, 0.3) is 0 Å². The van der Waals surface area contributed by atoms with Gasteiger partial charge in [0.05, 0.1) is 0 Å². The van der Waals surface area contributed by atoms with Gasteiger partial charge in [0, 0.05) is 0 Å². The number of phenolic OH excluding ortho intramolecular Hbond substituents is 1. The Morgan fingerprint density at radius 1 is 0.737 bits per heavy atom. The predicted octanol–water partition coefficient (Wildman–Crippen LogP) is 10.8. The SMILES string of the molecule is CCCCCCCCCCCCCCCCC1(C)CCc2c(c(C)cc(O)c2[Te]CCCCCCCC)O1. The Hall–Kier alpha value is -0.390. The van der Waals surface area contributed by atoms with E-state index in [1.165, 1.54) is 142 Å². The fraction of sp³-hybridized carbons (Fsp3) is 0.829. The van der Waals surface area contributed by atoms with E-state index in [1.54, 1.807) is 0 Å². The molecule has 1 aromatic rings. The van der Waals surface area contributed by atoms with Crippen LogP contribution in [0.5, 0.6) is 11.5 Å². The van der Waals surface area contributed by atoms with Crippen LogP contribution in [0.15, 0.2) is 6.07 Å². The molecule has 2 rings (SSSR count). The van der Waals surface area contributed by atoms with Crippen molar-refractivity contribution in [3.8, 4) is 11.5 Å². The van der Waals surface area contributed by atoms with Gasteiger partial charge in [0.15, 0.2) is 0 Å². The minimum absolute atomic E-state index is 0.0387. The first-order valence-corrected chi connectivity index (χ1v) is 19.5. The Morgan fingerprint density at radius 2 is 1.21 bits per heavy atom. The molecule has 1 heterocycles. The van der Waals surface area contributed by atoms with Gasteiger partial charge in [-0.1, -0.05) is 58.3 Å². The summed E-state index contributed by atoms with van der Waals surface area (Å²) >= 11 is -0.348. The summed E-state index contributed by atoms with van der Waals surface area (Å²) in [5.74, 6) is 1.67. The molecule has 38 heavy (non-hydrogen) atoms. The van der Waals surface area contributed by atoms with E-state index < -0.39 is 0 Å². The average Bonchev–Trinajstić information content (AvgIpc) is 2.90. The molecule has 0 aliphatic carbocycles. The van der Waals surface area contributed by atoms with Gasteiger partial charge in [0.1, 0.15) is 0 Å². The predicted molar refractivity (Wildman–Crippen MR) is 169 cm³/mol. The van der Waals surface area contributed by atoms with Gasteiger partial charge in [0.2, 0.25) is 0 Å². The number of aromatic hydroxyl groups is 1. The monoisotopic (exact) mass is 644 g/mol. The van der Waals surface area contributed by atoms with Crippen molar-refractivity contribution >= 4 is 24.5 Å². The molecule has 0 amide bonds. The zero-order valence-electron chi connectivity index (χ0n) is 25.8. The number of fused-ring (bicyclic) bond motifs is 1. The maximum atomic E-state index is 10.8. The summed E-state index contributed by atoms with van der Waals surface area (Å²) in [6.07, 6.45) is 31.2. The molecule has 0 saturated carbocycles. The third-order valence-electron chi connectivity index (χ3n) is 8.55. The third-order valence-corrected chi connectivity index (χ3v) is 12.1. The summed E-state index contributed by atoms with van der Waals surface area (Å²) in [5, 5.41) is 10.8. The number of hydrogen-bond donors (Lipinski definition) is 1. The normalized spacial score (nSPS) is 16.9. The van der Waals surface area contributed by atoms with E-state index in [0.29, 0.717) is 5.75 Å². The summed E-state index contributed by atoms with van der Waals surface area (Å²) in [4.78, 5) is 0. The van der Waals surface area contributed by atoms with Gasteiger partial charge in [-0.3, -0.25) is 0 Å². The van der Waals surface area contributed by atoms with Crippen LogP contribution in [-0.4, -0.2) is 31.6 Å². The Kier molecular flexibility index (Phi) is 18.2. The number of aryl methyl sites for hydroxylation is 1. The minimum atomic E-state index is -0.348. The standard InChI is InChI=1S/C35H62O2Te/c1-5-7-9-11-13-14-15-16-17-18-19-20-21-23-26-35(4)27-25-31-33(37-35)30(3)29-32(36)34(31)38-28-24-22-12-10-8-6-2/h29,36H,5-28H2,1-4H3. The Labute approximate surface area is 247 Å². The number of phenols is 1. The van der Waals surface area contributed by atoms with Crippen molar-refractivity contribution in [2.45, 2.75) is 185 Å². The van der Waals surface area contributed by atoms with Crippen LogP contribution < -0.4 is 8.35 Å². The number of hydrogen-bond acceptors (Lipinski definition) is 2. The molecule has 0 saturated heterocycles. The van der Waals surface area contributed by atoms with Gasteiger partial charge in [-0.25, -0.2) is 0 Å². The van der Waals surface area contributed by atoms with Crippen molar-refractivity contribution in [3.63, 3.8) is 0 Å². The van der Waals surface area contributed by atoms with Crippen LogP contribution in [0, 0.1) is 6.92 Å². The fourth-order valence-electron chi connectivity index (χ4n) is 5.98. The van der Waals surface area contributed by atoms with Crippen molar-refractivity contribution in [1.82, 2.24) is 0 Å². The average molecular weight is 642 g/mol. The molecule has 220 valence electrons.